The van der Waals surface area contributed by atoms with E-state index in [1.54, 1.807) is 12.1 Å². The highest BCUT2D eigenvalue weighted by molar-refractivity contribution is 5.59. The molecular weight excluding hydrogens is 299 g/mol. The van der Waals surface area contributed by atoms with Crippen molar-refractivity contribution < 1.29 is 27.6 Å². The van der Waals surface area contributed by atoms with Crippen LogP contribution in [0.15, 0.2) is 53.3 Å². The summed E-state index contributed by atoms with van der Waals surface area (Å²) in [5, 5.41) is 12.9. The van der Waals surface area contributed by atoms with Gasteiger partial charge in [0.1, 0.15) is 0 Å². The van der Waals surface area contributed by atoms with Gasteiger partial charge in [-0.25, -0.2) is 0 Å². The van der Waals surface area contributed by atoms with Crippen molar-refractivity contribution in [1.82, 2.24) is 10.1 Å². The van der Waals surface area contributed by atoms with Gasteiger partial charge in [0.25, 0.3) is 5.89 Å². The van der Waals surface area contributed by atoms with Crippen molar-refractivity contribution in [3.05, 3.63) is 54.4 Å². The van der Waals surface area contributed by atoms with E-state index in [9.17, 15) is 13.2 Å². The summed E-state index contributed by atoms with van der Waals surface area (Å²) in [4.78, 5) is 4.12. The molecule has 0 bridgehead atoms. The molecule has 3 aromatic rings. The van der Waals surface area contributed by atoms with Gasteiger partial charge >= 0.3 is 6.18 Å². The zero-order valence-corrected chi connectivity index (χ0v) is 10.9. The SMILES string of the molecule is O[n+]1ccc(-c2nc(-c3ccc(C(F)(F)F)cc3)no2)cc1. The van der Waals surface area contributed by atoms with Gasteiger partial charge in [-0.3, -0.25) is 5.21 Å². The summed E-state index contributed by atoms with van der Waals surface area (Å²) in [7, 11) is 0. The molecule has 0 radical (unpaired) electrons. The number of halogens is 3. The lowest BCUT2D eigenvalue weighted by Gasteiger charge is -2.05. The molecule has 0 aliphatic heterocycles. The highest BCUT2D eigenvalue weighted by Gasteiger charge is 2.30. The first kappa shape index (κ1) is 14.1. The van der Waals surface area contributed by atoms with Gasteiger partial charge in [-0.2, -0.15) is 18.2 Å². The van der Waals surface area contributed by atoms with Crippen molar-refractivity contribution in [1.29, 1.82) is 0 Å². The molecule has 1 N–H and O–H groups in total. The first-order valence-electron chi connectivity index (χ1n) is 6.16. The lowest BCUT2D eigenvalue weighted by molar-refractivity contribution is -0.904. The fraction of sp³-hybridized carbons (Fsp3) is 0.0714. The van der Waals surface area contributed by atoms with Crippen molar-refractivity contribution in [3.63, 3.8) is 0 Å². The maximum Gasteiger partial charge on any atom is 0.416 e. The van der Waals surface area contributed by atoms with E-state index >= 15 is 0 Å². The Morgan fingerprint density at radius 3 is 2.18 bits per heavy atom. The predicted octanol–water partition coefficient (Wildman–Crippen LogP) is 2.95. The van der Waals surface area contributed by atoms with E-state index in [1.165, 1.54) is 24.5 Å². The van der Waals surface area contributed by atoms with Crippen LogP contribution in [0.5, 0.6) is 0 Å². The van der Waals surface area contributed by atoms with Crippen LogP contribution in [0.25, 0.3) is 22.8 Å². The number of rotatable bonds is 2. The Balaban J connectivity index is 1.89. The predicted molar refractivity (Wildman–Crippen MR) is 67.6 cm³/mol. The molecule has 0 unspecified atom stereocenters. The van der Waals surface area contributed by atoms with Crippen molar-refractivity contribution in [3.8, 4) is 22.8 Å². The van der Waals surface area contributed by atoms with Crippen molar-refractivity contribution in [2.24, 2.45) is 0 Å². The molecule has 0 saturated heterocycles. The summed E-state index contributed by atoms with van der Waals surface area (Å²) in [6, 6.07) is 7.60. The maximum absolute atomic E-state index is 12.5. The molecule has 112 valence electrons. The first-order chi connectivity index (χ1) is 10.4. The lowest BCUT2D eigenvalue weighted by Crippen LogP contribution is -2.27. The summed E-state index contributed by atoms with van der Waals surface area (Å²) >= 11 is 0. The van der Waals surface area contributed by atoms with Gasteiger partial charge in [0.05, 0.1) is 11.1 Å². The van der Waals surface area contributed by atoms with Crippen LogP contribution in [-0.4, -0.2) is 15.3 Å². The Bertz CT molecular complexity index is 780. The van der Waals surface area contributed by atoms with E-state index in [0.717, 1.165) is 16.9 Å². The summed E-state index contributed by atoms with van der Waals surface area (Å²) < 4.78 is 43.4. The summed E-state index contributed by atoms with van der Waals surface area (Å²) in [6.07, 6.45) is -1.61. The molecule has 0 aliphatic rings. The van der Waals surface area contributed by atoms with Gasteiger partial charge in [0, 0.05) is 22.4 Å². The van der Waals surface area contributed by atoms with Gasteiger partial charge < -0.3 is 4.52 Å². The molecule has 0 fully saturated rings. The third kappa shape index (κ3) is 2.76. The van der Waals surface area contributed by atoms with Crippen LogP contribution in [0.2, 0.25) is 0 Å². The topological polar surface area (TPSA) is 63.0 Å². The van der Waals surface area contributed by atoms with Crippen LogP contribution in [0.4, 0.5) is 13.2 Å². The molecule has 2 aromatic heterocycles. The number of aromatic nitrogens is 3. The molecule has 0 saturated carbocycles. The van der Waals surface area contributed by atoms with Crippen LogP contribution in [0.1, 0.15) is 5.56 Å². The Morgan fingerprint density at radius 1 is 0.955 bits per heavy atom. The largest absolute Gasteiger partial charge is 0.416 e. The number of hydrogen-bond donors (Lipinski definition) is 1. The smallest absolute Gasteiger partial charge is 0.334 e. The second-order valence-electron chi connectivity index (χ2n) is 4.47. The second kappa shape index (κ2) is 5.14. The van der Waals surface area contributed by atoms with Crippen LogP contribution >= 0.6 is 0 Å². The van der Waals surface area contributed by atoms with E-state index in [4.69, 9.17) is 9.73 Å². The fourth-order valence-corrected chi connectivity index (χ4v) is 1.83. The normalized spacial score (nSPS) is 11.6. The average molecular weight is 308 g/mol. The highest BCUT2D eigenvalue weighted by atomic mass is 19.4. The molecule has 0 spiro atoms. The summed E-state index contributed by atoms with van der Waals surface area (Å²) in [5.41, 5.74) is 0.252. The van der Waals surface area contributed by atoms with Gasteiger partial charge in [0.15, 0.2) is 0 Å². The van der Waals surface area contributed by atoms with E-state index in [1.807, 2.05) is 0 Å². The monoisotopic (exact) mass is 308 g/mol. The number of pyridine rings is 1. The minimum atomic E-state index is -4.38. The van der Waals surface area contributed by atoms with Crippen LogP contribution < -0.4 is 4.73 Å². The third-order valence-electron chi connectivity index (χ3n) is 2.96. The number of hydrogen-bond acceptors (Lipinski definition) is 4. The first-order valence-corrected chi connectivity index (χ1v) is 6.16. The Labute approximate surface area is 122 Å². The minimum Gasteiger partial charge on any atom is -0.334 e. The van der Waals surface area contributed by atoms with Crippen molar-refractivity contribution >= 4 is 0 Å². The fourth-order valence-electron chi connectivity index (χ4n) is 1.83. The molecule has 0 aliphatic carbocycles. The second-order valence-corrected chi connectivity index (χ2v) is 4.47. The zero-order chi connectivity index (χ0) is 15.7. The van der Waals surface area contributed by atoms with Crippen molar-refractivity contribution in [2.75, 3.05) is 0 Å². The Morgan fingerprint density at radius 2 is 1.59 bits per heavy atom. The zero-order valence-electron chi connectivity index (χ0n) is 10.9. The van der Waals surface area contributed by atoms with Gasteiger partial charge in [-0.15, -0.1) is 0 Å². The Kier molecular flexibility index (Phi) is 3.28. The standard InChI is InChI=1S/C14H9F3N3O2/c15-14(16,17)11-3-1-9(2-4-11)12-18-13(22-19-12)10-5-7-20(21)8-6-10/h1-8,21H/q+1. The molecule has 22 heavy (non-hydrogen) atoms. The molecule has 5 nitrogen and oxygen atoms in total. The van der Waals surface area contributed by atoms with Crippen LogP contribution in [0, 0.1) is 0 Å². The molecule has 2 heterocycles. The quantitative estimate of drug-likeness (QED) is 0.584. The number of benzene rings is 1. The molecular formula is C14H9F3N3O2+. The summed E-state index contributed by atoms with van der Waals surface area (Å²) in [6.45, 7) is 0. The summed E-state index contributed by atoms with van der Waals surface area (Å²) in [5.74, 6) is 0.389. The third-order valence-corrected chi connectivity index (χ3v) is 2.96. The van der Waals surface area contributed by atoms with Crippen LogP contribution in [-0.2, 0) is 6.18 Å². The number of alkyl halides is 3. The average Bonchev–Trinajstić information content (AvgIpc) is 2.97. The maximum atomic E-state index is 12.5. The van der Waals surface area contributed by atoms with Gasteiger partial charge in [-0.1, -0.05) is 17.3 Å². The Hall–Kier alpha value is -2.90. The van der Waals surface area contributed by atoms with Crippen LogP contribution in [0.3, 0.4) is 0 Å². The van der Waals surface area contributed by atoms with E-state index in [-0.39, 0.29) is 11.7 Å². The molecule has 0 amide bonds. The van der Waals surface area contributed by atoms with Crippen molar-refractivity contribution in [2.45, 2.75) is 6.18 Å². The highest BCUT2D eigenvalue weighted by Crippen LogP contribution is 2.30. The molecule has 0 atom stereocenters. The van der Waals surface area contributed by atoms with Gasteiger partial charge in [0.2, 0.25) is 18.2 Å². The molecule has 1 aromatic carbocycles. The van der Waals surface area contributed by atoms with E-state index < -0.39 is 11.7 Å². The van der Waals surface area contributed by atoms with E-state index in [0.29, 0.717) is 11.1 Å². The minimum absolute atomic E-state index is 0.185. The van der Waals surface area contributed by atoms with Gasteiger partial charge in [-0.05, 0) is 12.1 Å². The van der Waals surface area contributed by atoms with E-state index in [2.05, 4.69) is 10.1 Å². The number of nitrogens with zero attached hydrogens (tertiary/aromatic N) is 3. The molecule has 3 rings (SSSR count). The lowest BCUT2D eigenvalue weighted by atomic mass is 10.1. The molecule has 8 heteroatoms.